The largest absolute Gasteiger partial charge is 0.450 e. The molecule has 114 valence electrons. The average Bonchev–Trinajstić information content (AvgIpc) is 2.86. The van der Waals surface area contributed by atoms with Crippen molar-refractivity contribution in [3.05, 3.63) is 79.1 Å². The summed E-state index contributed by atoms with van der Waals surface area (Å²) in [6.07, 6.45) is 0. The summed E-state index contributed by atoms with van der Waals surface area (Å²) in [6, 6.07) is 11.7. The predicted molar refractivity (Wildman–Crippen MR) is 90.9 cm³/mol. The first kappa shape index (κ1) is 14.5. The standard InChI is InChI=1S/C17H9BrClNO3/c18-9-3-1-2-8(6-9)14-13-15(21)11-7-10(19)4-5-12(11)23-16(13)17(22)20-14/h1-7,14H,(H,20,22). The van der Waals surface area contributed by atoms with Crippen LogP contribution in [0.4, 0.5) is 0 Å². The molecule has 6 heteroatoms. The second-order valence-corrected chi connectivity index (χ2v) is 6.63. The number of halogens is 2. The van der Waals surface area contributed by atoms with Gasteiger partial charge in [0.25, 0.3) is 5.91 Å². The van der Waals surface area contributed by atoms with Crippen LogP contribution in [0.15, 0.2) is 56.1 Å². The first-order chi connectivity index (χ1) is 11.0. The van der Waals surface area contributed by atoms with Gasteiger partial charge in [0.1, 0.15) is 5.58 Å². The summed E-state index contributed by atoms with van der Waals surface area (Å²) >= 11 is 9.38. The Morgan fingerprint density at radius 3 is 2.74 bits per heavy atom. The van der Waals surface area contributed by atoms with Crippen LogP contribution in [0.2, 0.25) is 5.02 Å². The fourth-order valence-electron chi connectivity index (χ4n) is 2.82. The zero-order chi connectivity index (χ0) is 16.1. The number of nitrogens with one attached hydrogen (secondary N) is 1. The van der Waals surface area contributed by atoms with E-state index in [1.807, 2.05) is 24.3 Å². The molecule has 4 nitrogen and oxygen atoms in total. The van der Waals surface area contributed by atoms with Crippen molar-refractivity contribution in [2.45, 2.75) is 6.04 Å². The molecule has 0 spiro atoms. The van der Waals surface area contributed by atoms with Crippen LogP contribution in [-0.4, -0.2) is 5.91 Å². The van der Waals surface area contributed by atoms with Gasteiger partial charge in [0.2, 0.25) is 5.76 Å². The van der Waals surface area contributed by atoms with Crippen LogP contribution in [0.1, 0.15) is 27.7 Å². The van der Waals surface area contributed by atoms with E-state index in [9.17, 15) is 9.59 Å². The Bertz CT molecular complexity index is 1030. The van der Waals surface area contributed by atoms with Crippen LogP contribution >= 0.6 is 27.5 Å². The number of fused-ring (bicyclic) bond motifs is 2. The van der Waals surface area contributed by atoms with Crippen LogP contribution in [0, 0.1) is 0 Å². The topological polar surface area (TPSA) is 59.3 Å². The van der Waals surface area contributed by atoms with Crippen LogP contribution in [0.25, 0.3) is 11.0 Å². The number of amides is 1. The monoisotopic (exact) mass is 389 g/mol. The highest BCUT2D eigenvalue weighted by Gasteiger charge is 2.35. The van der Waals surface area contributed by atoms with Crippen molar-refractivity contribution >= 4 is 44.4 Å². The van der Waals surface area contributed by atoms with Gasteiger partial charge in [0, 0.05) is 9.50 Å². The van der Waals surface area contributed by atoms with Crippen LogP contribution < -0.4 is 10.7 Å². The maximum atomic E-state index is 12.9. The number of rotatable bonds is 1. The molecule has 1 aliphatic heterocycles. The molecule has 3 aromatic rings. The van der Waals surface area contributed by atoms with Gasteiger partial charge in [-0.3, -0.25) is 9.59 Å². The smallest absolute Gasteiger partial charge is 0.288 e. The van der Waals surface area contributed by atoms with Gasteiger partial charge in [0.15, 0.2) is 5.43 Å². The van der Waals surface area contributed by atoms with E-state index < -0.39 is 6.04 Å². The second kappa shape index (κ2) is 5.22. The molecule has 0 aliphatic carbocycles. The summed E-state index contributed by atoms with van der Waals surface area (Å²) in [5.74, 6) is -0.325. The molecule has 0 radical (unpaired) electrons. The molecule has 23 heavy (non-hydrogen) atoms. The van der Waals surface area contributed by atoms with E-state index in [2.05, 4.69) is 21.2 Å². The lowest BCUT2D eigenvalue weighted by atomic mass is 9.99. The van der Waals surface area contributed by atoms with Crippen LogP contribution in [-0.2, 0) is 0 Å². The maximum Gasteiger partial charge on any atom is 0.288 e. The Morgan fingerprint density at radius 2 is 1.96 bits per heavy atom. The molecular formula is C17H9BrClNO3. The molecule has 1 N–H and O–H groups in total. The molecule has 0 bridgehead atoms. The van der Waals surface area contributed by atoms with E-state index in [1.54, 1.807) is 18.2 Å². The molecule has 0 saturated carbocycles. The first-order valence-corrected chi connectivity index (χ1v) is 8.04. The van der Waals surface area contributed by atoms with Gasteiger partial charge in [-0.15, -0.1) is 0 Å². The van der Waals surface area contributed by atoms with Crippen molar-refractivity contribution in [2.24, 2.45) is 0 Å². The lowest BCUT2D eigenvalue weighted by Crippen LogP contribution is -2.21. The SMILES string of the molecule is O=C1NC(c2cccc(Br)c2)c2c1oc1ccc(Cl)cc1c2=O. The summed E-state index contributed by atoms with van der Waals surface area (Å²) in [4.78, 5) is 25.1. The molecule has 1 aromatic heterocycles. The van der Waals surface area contributed by atoms with Gasteiger partial charge in [-0.05, 0) is 35.9 Å². The number of carbonyl (C=O) groups excluding carboxylic acids is 1. The van der Waals surface area contributed by atoms with Gasteiger partial charge in [0.05, 0.1) is 17.0 Å². The number of hydrogen-bond donors (Lipinski definition) is 1. The number of hydrogen-bond acceptors (Lipinski definition) is 3. The normalized spacial score (nSPS) is 16.4. The predicted octanol–water partition coefficient (Wildman–Crippen LogP) is 4.04. The zero-order valence-corrected chi connectivity index (χ0v) is 13.9. The molecule has 2 heterocycles. The highest BCUT2D eigenvalue weighted by Crippen LogP contribution is 2.32. The van der Waals surface area contributed by atoms with Gasteiger partial charge in [-0.1, -0.05) is 39.7 Å². The molecule has 0 saturated heterocycles. The number of carbonyl (C=O) groups is 1. The van der Waals surface area contributed by atoms with E-state index in [4.69, 9.17) is 16.0 Å². The summed E-state index contributed by atoms with van der Waals surface area (Å²) in [5, 5.41) is 3.62. The van der Waals surface area contributed by atoms with E-state index >= 15 is 0 Å². The molecule has 4 rings (SSSR count). The van der Waals surface area contributed by atoms with Gasteiger partial charge in [-0.25, -0.2) is 0 Å². The minimum Gasteiger partial charge on any atom is -0.450 e. The Balaban J connectivity index is 2.01. The lowest BCUT2D eigenvalue weighted by molar-refractivity contribution is 0.0938. The van der Waals surface area contributed by atoms with Crippen molar-refractivity contribution < 1.29 is 9.21 Å². The Morgan fingerprint density at radius 1 is 1.13 bits per heavy atom. The van der Waals surface area contributed by atoms with Crippen LogP contribution in [0.5, 0.6) is 0 Å². The first-order valence-electron chi connectivity index (χ1n) is 6.87. The van der Waals surface area contributed by atoms with Crippen molar-refractivity contribution in [3.63, 3.8) is 0 Å². The highest BCUT2D eigenvalue weighted by atomic mass is 79.9. The van der Waals surface area contributed by atoms with E-state index in [0.29, 0.717) is 21.6 Å². The van der Waals surface area contributed by atoms with Crippen molar-refractivity contribution in [2.75, 3.05) is 0 Å². The minimum atomic E-state index is -0.533. The van der Waals surface area contributed by atoms with Gasteiger partial charge >= 0.3 is 0 Å². The van der Waals surface area contributed by atoms with Crippen molar-refractivity contribution in [3.8, 4) is 0 Å². The second-order valence-electron chi connectivity index (χ2n) is 5.28. The van der Waals surface area contributed by atoms with Crippen LogP contribution in [0.3, 0.4) is 0 Å². The molecule has 2 aromatic carbocycles. The van der Waals surface area contributed by atoms with Gasteiger partial charge in [-0.2, -0.15) is 0 Å². The quantitative estimate of drug-likeness (QED) is 0.682. The minimum absolute atomic E-state index is 0.0646. The fraction of sp³-hybridized carbons (Fsp3) is 0.0588. The van der Waals surface area contributed by atoms with E-state index in [0.717, 1.165) is 10.0 Å². The third-order valence-electron chi connectivity index (χ3n) is 3.84. The molecular weight excluding hydrogens is 382 g/mol. The molecule has 1 unspecified atom stereocenters. The van der Waals surface area contributed by atoms with E-state index in [1.165, 1.54) is 0 Å². The fourth-order valence-corrected chi connectivity index (χ4v) is 3.41. The summed E-state index contributed by atoms with van der Waals surface area (Å²) < 4.78 is 6.52. The Labute approximate surface area is 144 Å². The zero-order valence-electron chi connectivity index (χ0n) is 11.6. The third kappa shape index (κ3) is 2.28. The number of benzene rings is 2. The Hall–Kier alpha value is -2.11. The van der Waals surface area contributed by atoms with Gasteiger partial charge < -0.3 is 9.73 Å². The maximum absolute atomic E-state index is 12.9. The Kier molecular flexibility index (Phi) is 3.28. The lowest BCUT2D eigenvalue weighted by Gasteiger charge is -2.11. The summed E-state index contributed by atoms with van der Waals surface area (Å²) in [5.41, 5.74) is 1.23. The molecule has 0 fully saturated rings. The van der Waals surface area contributed by atoms with Crippen molar-refractivity contribution in [1.82, 2.24) is 5.32 Å². The molecule has 1 aliphatic rings. The average molecular weight is 391 g/mol. The van der Waals surface area contributed by atoms with Crippen molar-refractivity contribution in [1.29, 1.82) is 0 Å². The van der Waals surface area contributed by atoms with E-state index in [-0.39, 0.29) is 17.1 Å². The molecule has 1 atom stereocenters. The third-order valence-corrected chi connectivity index (χ3v) is 4.57. The summed E-state index contributed by atoms with van der Waals surface area (Å²) in [7, 11) is 0. The highest BCUT2D eigenvalue weighted by molar-refractivity contribution is 9.10. The molecule has 1 amide bonds. The summed E-state index contributed by atoms with van der Waals surface area (Å²) in [6.45, 7) is 0.